The maximum atomic E-state index is 12.2. The topological polar surface area (TPSA) is 66.6 Å². The van der Waals surface area contributed by atoms with Gasteiger partial charge >= 0.3 is 0 Å². The zero-order valence-corrected chi connectivity index (χ0v) is 12.0. The largest absolute Gasteiger partial charge is 0.399 e. The van der Waals surface area contributed by atoms with Crippen LogP contribution in [0.4, 0.5) is 5.69 Å². The van der Waals surface area contributed by atoms with Gasteiger partial charge < -0.3 is 15.5 Å². The van der Waals surface area contributed by atoms with Crippen LogP contribution in [0.3, 0.4) is 0 Å². The van der Waals surface area contributed by atoms with Crippen LogP contribution < -0.4 is 5.73 Å². The number of nitrogens with two attached hydrogens (primary N) is 1. The number of benzene rings is 1. The van der Waals surface area contributed by atoms with Crippen LogP contribution in [0.15, 0.2) is 24.3 Å². The van der Waals surface area contributed by atoms with Gasteiger partial charge in [-0.15, -0.1) is 0 Å². The van der Waals surface area contributed by atoms with Crippen molar-refractivity contribution in [2.45, 2.75) is 19.3 Å². The summed E-state index contributed by atoms with van der Waals surface area (Å²) in [6.07, 6.45) is 0.418. The number of likely N-dealkylation sites (N-methyl/N-ethyl adjacent to an activating group) is 1. The van der Waals surface area contributed by atoms with Crippen molar-refractivity contribution in [1.82, 2.24) is 9.80 Å². The Morgan fingerprint density at radius 3 is 2.55 bits per heavy atom. The third-order valence-corrected chi connectivity index (χ3v) is 3.80. The SMILES string of the molecule is CC(CC(=O)N1CCN(C)C(=O)C1)c1ccc(N)cc1. The summed E-state index contributed by atoms with van der Waals surface area (Å²) >= 11 is 0. The van der Waals surface area contributed by atoms with Crippen molar-refractivity contribution in [3.63, 3.8) is 0 Å². The highest BCUT2D eigenvalue weighted by Crippen LogP contribution is 2.21. The lowest BCUT2D eigenvalue weighted by atomic mass is 9.97. The molecule has 0 radical (unpaired) electrons. The van der Waals surface area contributed by atoms with E-state index in [1.54, 1.807) is 16.8 Å². The summed E-state index contributed by atoms with van der Waals surface area (Å²) in [5.74, 6) is 0.165. The second kappa shape index (κ2) is 5.94. The Morgan fingerprint density at radius 2 is 1.95 bits per heavy atom. The summed E-state index contributed by atoms with van der Waals surface area (Å²) in [6.45, 7) is 3.45. The summed E-state index contributed by atoms with van der Waals surface area (Å²) in [4.78, 5) is 27.2. The molecule has 1 aromatic rings. The van der Waals surface area contributed by atoms with Gasteiger partial charge in [0.05, 0.1) is 6.54 Å². The van der Waals surface area contributed by atoms with Crippen molar-refractivity contribution < 1.29 is 9.59 Å². The molecule has 20 heavy (non-hydrogen) atoms. The Kier molecular flexibility index (Phi) is 4.27. The predicted octanol–water partition coefficient (Wildman–Crippen LogP) is 1.06. The highest BCUT2D eigenvalue weighted by atomic mass is 16.2. The van der Waals surface area contributed by atoms with Gasteiger partial charge in [-0.1, -0.05) is 19.1 Å². The first-order valence-electron chi connectivity index (χ1n) is 6.84. The molecule has 2 rings (SSSR count). The fourth-order valence-electron chi connectivity index (χ4n) is 2.30. The van der Waals surface area contributed by atoms with E-state index in [1.165, 1.54) is 0 Å². The molecule has 5 heteroatoms. The monoisotopic (exact) mass is 275 g/mol. The van der Waals surface area contributed by atoms with Gasteiger partial charge in [-0.25, -0.2) is 0 Å². The molecule has 1 aromatic carbocycles. The molecular weight excluding hydrogens is 254 g/mol. The first kappa shape index (κ1) is 14.4. The minimum atomic E-state index is 0.00439. The molecule has 1 saturated heterocycles. The molecule has 1 fully saturated rings. The summed E-state index contributed by atoms with van der Waals surface area (Å²) in [5.41, 5.74) is 7.47. The molecule has 1 aliphatic heterocycles. The molecule has 2 N–H and O–H groups in total. The molecule has 1 aliphatic rings. The maximum absolute atomic E-state index is 12.2. The first-order valence-corrected chi connectivity index (χ1v) is 6.84. The van der Waals surface area contributed by atoms with E-state index in [0.29, 0.717) is 19.5 Å². The standard InChI is InChI=1S/C15H21N3O2/c1-11(12-3-5-13(16)6-4-12)9-14(19)18-8-7-17(2)15(20)10-18/h3-6,11H,7-10,16H2,1-2H3. The number of piperazine rings is 1. The molecule has 0 spiro atoms. The highest BCUT2D eigenvalue weighted by molar-refractivity contribution is 5.86. The Labute approximate surface area is 119 Å². The van der Waals surface area contributed by atoms with E-state index < -0.39 is 0 Å². The van der Waals surface area contributed by atoms with Crippen LogP contribution in [0, 0.1) is 0 Å². The van der Waals surface area contributed by atoms with Crippen molar-refractivity contribution in [2.75, 3.05) is 32.4 Å². The number of amides is 2. The molecule has 1 unspecified atom stereocenters. The second-order valence-electron chi connectivity index (χ2n) is 5.40. The van der Waals surface area contributed by atoms with Crippen molar-refractivity contribution in [2.24, 2.45) is 0 Å². The third kappa shape index (κ3) is 3.29. The van der Waals surface area contributed by atoms with Crippen molar-refractivity contribution >= 4 is 17.5 Å². The second-order valence-corrected chi connectivity index (χ2v) is 5.40. The lowest BCUT2D eigenvalue weighted by molar-refractivity contribution is -0.144. The first-order chi connectivity index (χ1) is 9.47. The van der Waals surface area contributed by atoms with Gasteiger partial charge in [0.2, 0.25) is 11.8 Å². The Hall–Kier alpha value is -2.04. The Balaban J connectivity index is 1.94. The number of carbonyl (C=O) groups excluding carboxylic acids is 2. The fourth-order valence-corrected chi connectivity index (χ4v) is 2.30. The van der Waals surface area contributed by atoms with Gasteiger partial charge in [-0.05, 0) is 23.6 Å². The Bertz CT molecular complexity index is 498. The molecule has 2 amide bonds. The lowest BCUT2D eigenvalue weighted by Crippen LogP contribution is -2.50. The number of rotatable bonds is 3. The summed E-state index contributed by atoms with van der Waals surface area (Å²) < 4.78 is 0. The number of carbonyl (C=O) groups is 2. The van der Waals surface area contributed by atoms with E-state index in [9.17, 15) is 9.59 Å². The molecule has 1 heterocycles. The van der Waals surface area contributed by atoms with Crippen LogP contribution in [-0.2, 0) is 9.59 Å². The molecule has 5 nitrogen and oxygen atoms in total. The quantitative estimate of drug-likeness (QED) is 0.839. The van der Waals surface area contributed by atoms with Crippen molar-refractivity contribution in [3.8, 4) is 0 Å². The smallest absolute Gasteiger partial charge is 0.241 e. The van der Waals surface area contributed by atoms with Gasteiger partial charge in [0.1, 0.15) is 0 Å². The predicted molar refractivity (Wildman–Crippen MR) is 78.1 cm³/mol. The average molecular weight is 275 g/mol. The molecule has 0 bridgehead atoms. The zero-order chi connectivity index (χ0) is 14.7. The molecular formula is C15H21N3O2. The molecule has 108 valence electrons. The van der Waals surface area contributed by atoms with Gasteiger partial charge in [0.25, 0.3) is 0 Å². The third-order valence-electron chi connectivity index (χ3n) is 3.80. The fraction of sp³-hybridized carbons (Fsp3) is 0.467. The molecule has 0 saturated carbocycles. The van der Waals surface area contributed by atoms with Gasteiger partial charge in [0, 0.05) is 32.2 Å². The van der Waals surface area contributed by atoms with Crippen LogP contribution >= 0.6 is 0 Å². The van der Waals surface area contributed by atoms with E-state index >= 15 is 0 Å². The number of nitrogens with zero attached hydrogens (tertiary/aromatic N) is 2. The Morgan fingerprint density at radius 1 is 1.30 bits per heavy atom. The number of hydrogen-bond acceptors (Lipinski definition) is 3. The zero-order valence-electron chi connectivity index (χ0n) is 12.0. The molecule has 1 atom stereocenters. The van der Waals surface area contributed by atoms with Gasteiger partial charge in [-0.2, -0.15) is 0 Å². The van der Waals surface area contributed by atoms with Crippen LogP contribution in [0.2, 0.25) is 0 Å². The van der Waals surface area contributed by atoms with Crippen molar-refractivity contribution in [1.29, 1.82) is 0 Å². The van der Waals surface area contributed by atoms with Gasteiger partial charge in [0.15, 0.2) is 0 Å². The van der Waals surface area contributed by atoms with E-state index in [-0.39, 0.29) is 24.3 Å². The number of nitrogen functional groups attached to an aromatic ring is 1. The maximum Gasteiger partial charge on any atom is 0.241 e. The minimum absolute atomic E-state index is 0.00439. The van der Waals surface area contributed by atoms with Crippen molar-refractivity contribution in [3.05, 3.63) is 29.8 Å². The molecule has 0 aromatic heterocycles. The highest BCUT2D eigenvalue weighted by Gasteiger charge is 2.25. The minimum Gasteiger partial charge on any atom is -0.399 e. The van der Waals surface area contributed by atoms with Crippen LogP contribution in [-0.4, -0.2) is 48.3 Å². The van der Waals surface area contributed by atoms with Crippen LogP contribution in [0.25, 0.3) is 0 Å². The average Bonchev–Trinajstić information content (AvgIpc) is 2.42. The van der Waals surface area contributed by atoms with E-state index in [4.69, 9.17) is 5.73 Å². The number of anilines is 1. The van der Waals surface area contributed by atoms with E-state index in [1.807, 2.05) is 31.2 Å². The van der Waals surface area contributed by atoms with E-state index in [0.717, 1.165) is 11.3 Å². The summed E-state index contributed by atoms with van der Waals surface area (Å²) in [5, 5.41) is 0. The summed E-state index contributed by atoms with van der Waals surface area (Å²) in [6, 6.07) is 7.58. The van der Waals surface area contributed by atoms with Gasteiger partial charge in [-0.3, -0.25) is 9.59 Å². The molecule has 0 aliphatic carbocycles. The normalized spacial score (nSPS) is 17.2. The van der Waals surface area contributed by atoms with Crippen LogP contribution in [0.1, 0.15) is 24.8 Å². The van der Waals surface area contributed by atoms with Crippen LogP contribution in [0.5, 0.6) is 0 Å². The lowest BCUT2D eigenvalue weighted by Gasteiger charge is -2.32. The number of hydrogen-bond donors (Lipinski definition) is 1. The van der Waals surface area contributed by atoms with E-state index in [2.05, 4.69) is 0 Å². The summed E-state index contributed by atoms with van der Waals surface area (Å²) in [7, 11) is 1.77.